The van der Waals surface area contributed by atoms with Crippen molar-refractivity contribution in [1.82, 2.24) is 4.98 Å². The Bertz CT molecular complexity index is 1910. The Morgan fingerprint density at radius 3 is 2.44 bits per heavy atom. The van der Waals surface area contributed by atoms with Gasteiger partial charge in [0, 0.05) is 27.3 Å². The summed E-state index contributed by atoms with van der Waals surface area (Å²) in [6.07, 6.45) is 0.773. The number of para-hydroxylation sites is 1. The minimum Gasteiger partial charge on any atom is -0.483 e. The topological polar surface area (TPSA) is 109 Å². The first-order chi connectivity index (χ1) is 21.8. The number of halogens is 1. The van der Waals surface area contributed by atoms with E-state index in [1.54, 1.807) is 11.8 Å². The molecule has 0 radical (unpaired) electrons. The molecule has 1 saturated heterocycles. The Balaban J connectivity index is 1.12. The number of hydrogen-bond donors (Lipinski definition) is 2. The van der Waals surface area contributed by atoms with Crippen molar-refractivity contribution in [3.8, 4) is 5.75 Å². The molecule has 7 atom stereocenters. The molecule has 2 aliphatic heterocycles. The summed E-state index contributed by atoms with van der Waals surface area (Å²) in [6.45, 7) is 1.70. The van der Waals surface area contributed by atoms with Crippen molar-refractivity contribution < 1.29 is 23.5 Å². The van der Waals surface area contributed by atoms with E-state index in [4.69, 9.17) is 4.74 Å². The summed E-state index contributed by atoms with van der Waals surface area (Å²) in [6, 6.07) is 20.5. The molecule has 2 aliphatic carbocycles. The normalized spacial score (nSPS) is 27.7. The number of carbonyl (C=O) groups excluding carboxylic acids is 3. The molecule has 4 aliphatic rings. The average molecular weight is 642 g/mol. The second-order valence-electron chi connectivity index (χ2n) is 12.2. The Labute approximate surface area is 266 Å². The van der Waals surface area contributed by atoms with E-state index in [0.717, 1.165) is 27.5 Å². The van der Waals surface area contributed by atoms with Crippen LogP contribution in [0.5, 0.6) is 5.75 Å². The summed E-state index contributed by atoms with van der Waals surface area (Å²) in [7, 11) is 0. The van der Waals surface area contributed by atoms with Crippen LogP contribution in [0.2, 0.25) is 0 Å². The van der Waals surface area contributed by atoms with Crippen molar-refractivity contribution >= 4 is 52.2 Å². The maximum Gasteiger partial charge on any atom is 0.305 e. The second-order valence-corrected chi connectivity index (χ2v) is 14.4. The fraction of sp³-hybridized carbons (Fsp3) is 0.294. The number of H-pyrrole nitrogens is 1. The number of nitrogens with one attached hydrogen (secondary N) is 2. The zero-order chi connectivity index (χ0) is 31.0. The third-order valence-corrected chi connectivity index (χ3v) is 12.3. The molecule has 8 rings (SSSR count). The molecule has 2 bridgehead atoms. The SMILES string of the molecule is Cc1ccc(N2C(=O)C3C4CC(C3C2=O)C2C4Sc3[nH]c(=O)sc3[C@@H]2c2ccccc2OCC(=O)Nc2ccc(F)cc2)cc1. The fourth-order valence-corrected chi connectivity index (χ4v) is 10.9. The monoisotopic (exact) mass is 641 g/mol. The first-order valence-corrected chi connectivity index (χ1v) is 16.6. The van der Waals surface area contributed by atoms with Crippen molar-refractivity contribution in [2.24, 2.45) is 29.6 Å². The minimum absolute atomic E-state index is 0.00415. The van der Waals surface area contributed by atoms with Crippen LogP contribution in [0, 0.1) is 42.3 Å². The lowest BCUT2D eigenvalue weighted by Gasteiger charge is -2.43. The van der Waals surface area contributed by atoms with Crippen molar-refractivity contribution in [1.29, 1.82) is 0 Å². The number of thiazole rings is 1. The largest absolute Gasteiger partial charge is 0.483 e. The van der Waals surface area contributed by atoms with Crippen LogP contribution in [-0.4, -0.2) is 34.6 Å². The summed E-state index contributed by atoms with van der Waals surface area (Å²) in [4.78, 5) is 58.5. The highest BCUT2D eigenvalue weighted by Crippen LogP contribution is 2.69. The van der Waals surface area contributed by atoms with Crippen LogP contribution in [0.3, 0.4) is 0 Å². The van der Waals surface area contributed by atoms with Gasteiger partial charge in [0.25, 0.3) is 5.91 Å². The summed E-state index contributed by atoms with van der Waals surface area (Å²) < 4.78 is 19.4. The number of imide groups is 1. The number of thioether (sulfide) groups is 1. The summed E-state index contributed by atoms with van der Waals surface area (Å²) in [5.41, 5.74) is 2.96. The molecule has 3 aromatic carbocycles. The highest BCUT2D eigenvalue weighted by Gasteiger charge is 2.69. The summed E-state index contributed by atoms with van der Waals surface area (Å²) in [5.74, 6) is -1.65. The number of aryl methyl sites for hydroxylation is 1. The molecule has 11 heteroatoms. The van der Waals surface area contributed by atoms with Gasteiger partial charge in [-0.15, -0.1) is 11.8 Å². The lowest BCUT2D eigenvalue weighted by atomic mass is 9.68. The number of fused-ring (bicyclic) bond motifs is 9. The molecule has 45 heavy (non-hydrogen) atoms. The second kappa shape index (κ2) is 10.7. The van der Waals surface area contributed by atoms with E-state index in [9.17, 15) is 23.6 Å². The van der Waals surface area contributed by atoms with Crippen LogP contribution in [0.1, 0.15) is 28.3 Å². The zero-order valence-electron chi connectivity index (χ0n) is 24.1. The van der Waals surface area contributed by atoms with E-state index in [0.29, 0.717) is 17.1 Å². The van der Waals surface area contributed by atoms with E-state index in [2.05, 4.69) is 10.3 Å². The Kier molecular flexibility index (Phi) is 6.72. The number of benzene rings is 3. The van der Waals surface area contributed by atoms with E-state index < -0.39 is 17.6 Å². The van der Waals surface area contributed by atoms with Gasteiger partial charge >= 0.3 is 4.87 Å². The molecule has 3 fully saturated rings. The van der Waals surface area contributed by atoms with Gasteiger partial charge in [-0.3, -0.25) is 24.1 Å². The van der Waals surface area contributed by atoms with Gasteiger partial charge in [-0.1, -0.05) is 47.2 Å². The van der Waals surface area contributed by atoms with E-state index in [1.807, 2.05) is 55.5 Å². The fourth-order valence-electron chi connectivity index (χ4n) is 8.06. The number of rotatable bonds is 6. The van der Waals surface area contributed by atoms with Gasteiger partial charge in [0.15, 0.2) is 6.61 Å². The van der Waals surface area contributed by atoms with Crippen molar-refractivity contribution in [2.45, 2.75) is 29.5 Å². The van der Waals surface area contributed by atoms with Crippen LogP contribution in [0.15, 0.2) is 82.6 Å². The number of amides is 3. The molecule has 1 aromatic heterocycles. The van der Waals surface area contributed by atoms with Gasteiger partial charge in [-0.2, -0.15) is 0 Å². The number of carbonyl (C=O) groups is 3. The predicted octanol–water partition coefficient (Wildman–Crippen LogP) is 5.58. The molecule has 228 valence electrons. The van der Waals surface area contributed by atoms with Gasteiger partial charge in [0.2, 0.25) is 11.8 Å². The van der Waals surface area contributed by atoms with Gasteiger partial charge in [-0.25, -0.2) is 4.39 Å². The third-order valence-electron chi connectivity index (χ3n) is 9.76. The third kappa shape index (κ3) is 4.54. The Hall–Kier alpha value is -4.22. The highest BCUT2D eigenvalue weighted by atomic mass is 32.2. The van der Waals surface area contributed by atoms with Crippen molar-refractivity contribution in [3.05, 3.63) is 104 Å². The number of anilines is 2. The van der Waals surface area contributed by atoms with E-state index >= 15 is 0 Å². The Morgan fingerprint density at radius 2 is 1.69 bits per heavy atom. The molecular formula is C34H28FN3O5S2. The number of aromatic amines is 1. The van der Waals surface area contributed by atoms with Crippen LogP contribution >= 0.6 is 23.1 Å². The molecule has 3 heterocycles. The Morgan fingerprint density at radius 1 is 0.978 bits per heavy atom. The van der Waals surface area contributed by atoms with Gasteiger partial charge in [0.1, 0.15) is 11.6 Å². The van der Waals surface area contributed by atoms with Crippen LogP contribution in [0.25, 0.3) is 0 Å². The van der Waals surface area contributed by atoms with Gasteiger partial charge < -0.3 is 15.0 Å². The first-order valence-electron chi connectivity index (χ1n) is 14.9. The number of hydrogen-bond acceptors (Lipinski definition) is 7. The van der Waals surface area contributed by atoms with Crippen molar-refractivity contribution in [2.75, 3.05) is 16.8 Å². The minimum atomic E-state index is -0.417. The van der Waals surface area contributed by atoms with Crippen LogP contribution < -0.4 is 19.8 Å². The maximum atomic E-state index is 14.0. The lowest BCUT2D eigenvalue weighted by molar-refractivity contribution is -0.123. The molecule has 0 spiro atoms. The molecule has 2 N–H and O–H groups in total. The number of aromatic nitrogens is 1. The first kappa shape index (κ1) is 28.3. The highest BCUT2D eigenvalue weighted by molar-refractivity contribution is 8.00. The number of ether oxygens (including phenoxy) is 1. The van der Waals surface area contributed by atoms with E-state index in [1.165, 1.54) is 40.5 Å². The van der Waals surface area contributed by atoms with Gasteiger partial charge in [0.05, 0.1) is 22.5 Å². The average Bonchev–Trinajstić information content (AvgIpc) is 3.77. The molecular weight excluding hydrogens is 614 g/mol. The quantitative estimate of drug-likeness (QED) is 0.266. The van der Waals surface area contributed by atoms with Crippen LogP contribution in [-0.2, 0) is 14.4 Å². The standard InChI is InChI=1S/C34H28FN3O5S2/c1-16-6-12-19(13-7-16)38-32(40)27-21-14-22(28(27)33(38)41)29-26(21)25(30-31(44-29)37-34(42)45-30)20-4-2-3-5-23(20)43-15-24(39)36-18-10-8-17(35)9-11-18/h2-13,21-22,25-29H,14-15H2,1H3,(H,36,39)(H,37,42)/t21?,22?,25-,26?,27?,28?,29?/m1/s1. The maximum absolute atomic E-state index is 14.0. The molecule has 4 aromatic rings. The molecule has 6 unspecified atom stereocenters. The van der Waals surface area contributed by atoms with E-state index in [-0.39, 0.29) is 58.1 Å². The molecule has 2 saturated carbocycles. The summed E-state index contributed by atoms with van der Waals surface area (Å²) >= 11 is 2.80. The smallest absolute Gasteiger partial charge is 0.305 e. The molecule has 8 nitrogen and oxygen atoms in total. The van der Waals surface area contributed by atoms with Crippen molar-refractivity contribution in [3.63, 3.8) is 0 Å². The predicted molar refractivity (Wildman–Crippen MR) is 169 cm³/mol. The molecule has 3 amide bonds. The lowest BCUT2D eigenvalue weighted by Crippen LogP contribution is -2.42. The summed E-state index contributed by atoms with van der Waals surface area (Å²) in [5, 5.41) is 3.55. The number of nitrogens with zero attached hydrogens (tertiary/aromatic N) is 1. The zero-order valence-corrected chi connectivity index (χ0v) is 25.7. The van der Waals surface area contributed by atoms with Crippen LogP contribution in [0.4, 0.5) is 15.8 Å². The van der Waals surface area contributed by atoms with Gasteiger partial charge in [-0.05, 0) is 73.6 Å².